The molecule has 1 N–H and O–H groups in total. The molecule has 0 amide bonds. The van der Waals surface area contributed by atoms with Crippen molar-refractivity contribution in [2.75, 3.05) is 7.05 Å². The molecule has 2 aromatic rings. The van der Waals surface area contributed by atoms with Crippen LogP contribution in [0.15, 0.2) is 6.20 Å². The fourth-order valence-corrected chi connectivity index (χ4v) is 2.34. The van der Waals surface area contributed by atoms with E-state index in [0.717, 1.165) is 24.4 Å². The summed E-state index contributed by atoms with van der Waals surface area (Å²) in [5.41, 5.74) is 3.50. The summed E-state index contributed by atoms with van der Waals surface area (Å²) < 4.78 is 2.11. The number of hydrogen-bond donors (Lipinski definition) is 1. The highest BCUT2D eigenvalue weighted by Gasteiger charge is 2.16. The predicted molar refractivity (Wildman–Crippen MR) is 74.7 cm³/mol. The van der Waals surface area contributed by atoms with Gasteiger partial charge in [0, 0.05) is 31.6 Å². The molecule has 0 radical (unpaired) electrons. The average molecular weight is 246 g/mol. The number of hydrogen-bond acceptors (Lipinski definition) is 3. The largest absolute Gasteiger partial charge is 0.335 e. The van der Waals surface area contributed by atoms with Crippen molar-refractivity contribution in [3.63, 3.8) is 0 Å². The van der Waals surface area contributed by atoms with E-state index in [1.807, 2.05) is 7.05 Å². The van der Waals surface area contributed by atoms with Gasteiger partial charge in [0.1, 0.15) is 11.5 Å². The minimum atomic E-state index is 0.416. The molecule has 0 bridgehead atoms. The van der Waals surface area contributed by atoms with Crippen molar-refractivity contribution in [3.8, 4) is 0 Å². The first kappa shape index (κ1) is 13.0. The summed E-state index contributed by atoms with van der Waals surface area (Å²) in [5.74, 6) is 1.35. The van der Waals surface area contributed by atoms with Crippen LogP contribution in [-0.4, -0.2) is 21.6 Å². The van der Waals surface area contributed by atoms with Gasteiger partial charge in [0.2, 0.25) is 0 Å². The van der Waals surface area contributed by atoms with Crippen LogP contribution in [0.4, 0.5) is 0 Å². The van der Waals surface area contributed by atoms with E-state index < -0.39 is 0 Å². The molecule has 0 spiro atoms. The van der Waals surface area contributed by atoms with Crippen LogP contribution in [0.3, 0.4) is 0 Å². The van der Waals surface area contributed by atoms with Gasteiger partial charge in [0.15, 0.2) is 0 Å². The van der Waals surface area contributed by atoms with Gasteiger partial charge in [-0.25, -0.2) is 9.97 Å². The van der Waals surface area contributed by atoms with Crippen LogP contribution in [0.5, 0.6) is 0 Å². The highest BCUT2D eigenvalue weighted by Crippen LogP contribution is 2.27. The van der Waals surface area contributed by atoms with Crippen molar-refractivity contribution in [2.45, 2.75) is 39.7 Å². The van der Waals surface area contributed by atoms with Crippen LogP contribution in [0.2, 0.25) is 0 Å². The molecule has 0 aromatic carbocycles. The van der Waals surface area contributed by atoms with Crippen molar-refractivity contribution >= 4 is 11.0 Å². The summed E-state index contributed by atoms with van der Waals surface area (Å²) in [6.45, 7) is 7.34. The summed E-state index contributed by atoms with van der Waals surface area (Å²) in [6.07, 6.45) is 3.03. The first-order valence-electron chi connectivity index (χ1n) is 6.57. The van der Waals surface area contributed by atoms with Crippen LogP contribution in [-0.2, 0) is 20.0 Å². The van der Waals surface area contributed by atoms with Crippen molar-refractivity contribution in [3.05, 3.63) is 23.3 Å². The second-order valence-electron chi connectivity index (χ2n) is 5.03. The lowest BCUT2D eigenvalue weighted by molar-refractivity contribution is 0.793. The van der Waals surface area contributed by atoms with E-state index in [0.29, 0.717) is 5.92 Å². The lowest BCUT2D eigenvalue weighted by atomic mass is 10.0. The molecule has 0 aliphatic rings. The van der Waals surface area contributed by atoms with Crippen LogP contribution in [0.25, 0.3) is 11.0 Å². The van der Waals surface area contributed by atoms with E-state index >= 15 is 0 Å². The van der Waals surface area contributed by atoms with Gasteiger partial charge >= 0.3 is 0 Å². The van der Waals surface area contributed by atoms with E-state index in [1.165, 1.54) is 16.6 Å². The Labute approximate surface area is 108 Å². The molecule has 0 atom stereocenters. The summed E-state index contributed by atoms with van der Waals surface area (Å²) in [6, 6.07) is 0. The van der Waals surface area contributed by atoms with Gasteiger partial charge in [-0.05, 0) is 18.5 Å². The monoisotopic (exact) mass is 246 g/mol. The van der Waals surface area contributed by atoms with Crippen molar-refractivity contribution in [2.24, 2.45) is 7.05 Å². The Morgan fingerprint density at radius 2 is 2.06 bits per heavy atom. The third-order valence-electron chi connectivity index (χ3n) is 3.20. The van der Waals surface area contributed by atoms with E-state index in [-0.39, 0.29) is 0 Å². The van der Waals surface area contributed by atoms with E-state index in [9.17, 15) is 0 Å². The minimum absolute atomic E-state index is 0.416. The first-order valence-corrected chi connectivity index (χ1v) is 6.57. The van der Waals surface area contributed by atoms with Crippen LogP contribution in [0.1, 0.15) is 43.8 Å². The van der Waals surface area contributed by atoms with Crippen LogP contribution < -0.4 is 5.32 Å². The SMILES string of the molecule is CCc1nc(C(C)C)c2c(CNC)cn(C)c2n1. The molecule has 0 saturated carbocycles. The average Bonchev–Trinajstić information content (AvgIpc) is 2.66. The highest BCUT2D eigenvalue weighted by atomic mass is 15.0. The molecule has 0 aliphatic heterocycles. The van der Waals surface area contributed by atoms with E-state index in [4.69, 9.17) is 4.98 Å². The summed E-state index contributed by atoms with van der Waals surface area (Å²) >= 11 is 0. The van der Waals surface area contributed by atoms with Gasteiger partial charge in [-0.1, -0.05) is 20.8 Å². The summed E-state index contributed by atoms with van der Waals surface area (Å²) in [4.78, 5) is 9.39. The molecule has 0 saturated heterocycles. The molecule has 0 unspecified atom stereocenters. The van der Waals surface area contributed by atoms with Crippen LogP contribution in [0, 0.1) is 0 Å². The van der Waals surface area contributed by atoms with Gasteiger partial charge < -0.3 is 9.88 Å². The zero-order valence-corrected chi connectivity index (χ0v) is 11.9. The maximum atomic E-state index is 4.72. The number of rotatable bonds is 4. The Kier molecular flexibility index (Phi) is 3.66. The molecule has 0 aliphatic carbocycles. The quantitative estimate of drug-likeness (QED) is 0.900. The van der Waals surface area contributed by atoms with Gasteiger partial charge in [-0.2, -0.15) is 0 Å². The lowest BCUT2D eigenvalue weighted by Gasteiger charge is -2.10. The molecule has 4 nitrogen and oxygen atoms in total. The Bertz CT molecular complexity index is 554. The fraction of sp³-hybridized carbons (Fsp3) is 0.571. The van der Waals surface area contributed by atoms with Crippen molar-refractivity contribution in [1.82, 2.24) is 19.9 Å². The molecule has 0 fully saturated rings. The topological polar surface area (TPSA) is 42.7 Å². The third kappa shape index (κ3) is 2.12. The van der Waals surface area contributed by atoms with E-state index in [1.54, 1.807) is 0 Å². The zero-order chi connectivity index (χ0) is 13.3. The van der Waals surface area contributed by atoms with Crippen LogP contribution >= 0.6 is 0 Å². The second kappa shape index (κ2) is 5.06. The molecule has 98 valence electrons. The Balaban J connectivity index is 2.76. The van der Waals surface area contributed by atoms with Gasteiger partial charge in [-0.3, -0.25) is 0 Å². The van der Waals surface area contributed by atoms with E-state index in [2.05, 4.69) is 48.9 Å². The minimum Gasteiger partial charge on any atom is -0.335 e. The molecule has 4 heteroatoms. The van der Waals surface area contributed by atoms with Gasteiger partial charge in [0.25, 0.3) is 0 Å². The van der Waals surface area contributed by atoms with Gasteiger partial charge in [0.05, 0.1) is 5.69 Å². The fourth-order valence-electron chi connectivity index (χ4n) is 2.34. The maximum Gasteiger partial charge on any atom is 0.143 e. The maximum absolute atomic E-state index is 4.72. The Morgan fingerprint density at radius 1 is 1.33 bits per heavy atom. The smallest absolute Gasteiger partial charge is 0.143 e. The summed E-state index contributed by atoms with van der Waals surface area (Å²) in [5, 5.41) is 4.44. The highest BCUT2D eigenvalue weighted by molar-refractivity contribution is 5.83. The number of aromatic nitrogens is 3. The lowest BCUT2D eigenvalue weighted by Crippen LogP contribution is -2.07. The number of nitrogens with one attached hydrogen (secondary N) is 1. The molecule has 2 heterocycles. The van der Waals surface area contributed by atoms with Crippen molar-refractivity contribution in [1.29, 1.82) is 0 Å². The third-order valence-corrected chi connectivity index (χ3v) is 3.20. The Morgan fingerprint density at radius 3 is 2.61 bits per heavy atom. The summed E-state index contributed by atoms with van der Waals surface area (Å²) in [7, 11) is 4.02. The first-order chi connectivity index (χ1) is 8.58. The second-order valence-corrected chi connectivity index (χ2v) is 5.03. The number of nitrogens with zero attached hydrogens (tertiary/aromatic N) is 3. The normalized spacial score (nSPS) is 11.7. The molecule has 2 aromatic heterocycles. The van der Waals surface area contributed by atoms with Gasteiger partial charge in [-0.15, -0.1) is 0 Å². The molecular weight excluding hydrogens is 224 g/mol. The molecular formula is C14H22N4. The Hall–Kier alpha value is -1.42. The number of fused-ring (bicyclic) bond motifs is 1. The molecule has 18 heavy (non-hydrogen) atoms. The zero-order valence-electron chi connectivity index (χ0n) is 11.9. The molecule has 2 rings (SSSR count). The standard InChI is InChI=1S/C14H22N4/c1-6-11-16-13(9(2)3)12-10(7-15-4)8-18(5)14(12)17-11/h8-9,15H,6-7H2,1-5H3. The number of aryl methyl sites for hydroxylation is 2. The predicted octanol–water partition coefficient (Wildman–Crippen LogP) is 2.37. The van der Waals surface area contributed by atoms with Crippen molar-refractivity contribution < 1.29 is 0 Å².